The number of nitriles is 1. The van der Waals surface area contributed by atoms with Crippen LogP contribution in [0.5, 0.6) is 5.75 Å². The molecular formula is C18H17ClN2O2. The number of halogens is 1. The highest BCUT2D eigenvalue weighted by atomic mass is 35.5. The van der Waals surface area contributed by atoms with Gasteiger partial charge in [-0.2, -0.15) is 5.26 Å². The van der Waals surface area contributed by atoms with Gasteiger partial charge in [0.1, 0.15) is 11.8 Å². The Kier molecular flexibility index (Phi) is 5.25. The maximum atomic E-state index is 12.0. The van der Waals surface area contributed by atoms with E-state index in [0.717, 1.165) is 16.7 Å². The minimum atomic E-state index is -0.288. The van der Waals surface area contributed by atoms with Gasteiger partial charge >= 0.3 is 0 Å². The van der Waals surface area contributed by atoms with Crippen LogP contribution in [-0.2, 0) is 4.79 Å². The molecule has 0 heterocycles. The van der Waals surface area contributed by atoms with Gasteiger partial charge in [-0.3, -0.25) is 4.79 Å². The van der Waals surface area contributed by atoms with Crippen LogP contribution >= 0.6 is 11.6 Å². The molecule has 0 atom stereocenters. The van der Waals surface area contributed by atoms with Gasteiger partial charge in [0, 0.05) is 5.69 Å². The zero-order valence-corrected chi connectivity index (χ0v) is 14.0. The summed E-state index contributed by atoms with van der Waals surface area (Å²) in [4.78, 5) is 12.0. The Labute approximate surface area is 140 Å². The van der Waals surface area contributed by atoms with E-state index in [4.69, 9.17) is 21.6 Å². The second-order valence-corrected chi connectivity index (χ2v) is 5.76. The molecule has 0 aliphatic heterocycles. The van der Waals surface area contributed by atoms with Crippen molar-refractivity contribution < 1.29 is 9.53 Å². The van der Waals surface area contributed by atoms with Crippen LogP contribution in [0.2, 0.25) is 5.02 Å². The number of hydrogen-bond acceptors (Lipinski definition) is 3. The molecule has 5 heteroatoms. The third kappa shape index (κ3) is 4.24. The quantitative estimate of drug-likeness (QED) is 0.916. The number of nitrogens with one attached hydrogen (secondary N) is 1. The van der Waals surface area contributed by atoms with Crippen molar-refractivity contribution >= 4 is 23.2 Å². The summed E-state index contributed by atoms with van der Waals surface area (Å²) in [7, 11) is 0. The van der Waals surface area contributed by atoms with E-state index in [9.17, 15) is 4.79 Å². The van der Waals surface area contributed by atoms with Crippen LogP contribution in [0.4, 0.5) is 5.69 Å². The van der Waals surface area contributed by atoms with E-state index in [2.05, 4.69) is 11.4 Å². The Balaban J connectivity index is 2.01. The number of benzene rings is 2. The fourth-order valence-corrected chi connectivity index (χ4v) is 2.40. The fraction of sp³-hybridized carbons (Fsp3) is 0.222. The summed E-state index contributed by atoms with van der Waals surface area (Å²) in [6.07, 6.45) is 0. The van der Waals surface area contributed by atoms with Crippen molar-refractivity contribution in [3.8, 4) is 11.8 Å². The molecule has 1 N–H and O–H groups in total. The summed E-state index contributed by atoms with van der Waals surface area (Å²) >= 11 is 5.94. The molecule has 0 unspecified atom stereocenters. The Morgan fingerprint density at radius 1 is 1.26 bits per heavy atom. The first kappa shape index (κ1) is 16.9. The van der Waals surface area contributed by atoms with Crippen molar-refractivity contribution in [2.24, 2.45) is 0 Å². The molecule has 2 aromatic rings. The van der Waals surface area contributed by atoms with Gasteiger partial charge in [-0.05, 0) is 61.7 Å². The third-order valence-electron chi connectivity index (χ3n) is 3.50. The van der Waals surface area contributed by atoms with Gasteiger partial charge in [0.25, 0.3) is 5.91 Å². The van der Waals surface area contributed by atoms with Crippen molar-refractivity contribution in [3.05, 3.63) is 57.6 Å². The van der Waals surface area contributed by atoms with Gasteiger partial charge in [0.15, 0.2) is 6.61 Å². The van der Waals surface area contributed by atoms with Crippen molar-refractivity contribution in [2.75, 3.05) is 11.9 Å². The second kappa shape index (κ2) is 7.17. The Bertz CT molecular complexity index is 794. The molecule has 23 heavy (non-hydrogen) atoms. The average molecular weight is 329 g/mol. The molecule has 0 saturated carbocycles. The average Bonchev–Trinajstić information content (AvgIpc) is 2.49. The first-order valence-electron chi connectivity index (χ1n) is 7.11. The summed E-state index contributed by atoms with van der Waals surface area (Å²) in [5, 5.41) is 11.8. The van der Waals surface area contributed by atoms with E-state index in [1.807, 2.05) is 32.9 Å². The van der Waals surface area contributed by atoms with Crippen LogP contribution in [0, 0.1) is 32.1 Å². The highest BCUT2D eigenvalue weighted by Gasteiger charge is 2.09. The first-order chi connectivity index (χ1) is 10.9. The second-order valence-electron chi connectivity index (χ2n) is 5.35. The molecule has 4 nitrogen and oxygen atoms in total. The normalized spacial score (nSPS) is 10.0. The molecule has 0 aliphatic carbocycles. The summed E-state index contributed by atoms with van der Waals surface area (Å²) in [5.74, 6) is 0.417. The van der Waals surface area contributed by atoms with Crippen molar-refractivity contribution in [3.63, 3.8) is 0 Å². The topological polar surface area (TPSA) is 62.1 Å². The molecule has 0 bridgehead atoms. The monoisotopic (exact) mass is 328 g/mol. The molecule has 0 radical (unpaired) electrons. The van der Waals surface area contributed by atoms with Crippen molar-refractivity contribution in [1.82, 2.24) is 0 Å². The van der Waals surface area contributed by atoms with Crippen LogP contribution in [0.25, 0.3) is 0 Å². The number of nitrogens with zero attached hydrogens (tertiary/aromatic N) is 1. The lowest BCUT2D eigenvalue weighted by molar-refractivity contribution is -0.118. The minimum Gasteiger partial charge on any atom is -0.483 e. The molecule has 0 spiro atoms. The van der Waals surface area contributed by atoms with Crippen LogP contribution in [-0.4, -0.2) is 12.5 Å². The predicted octanol–water partition coefficient (Wildman–Crippen LogP) is 4.15. The molecular weight excluding hydrogens is 312 g/mol. The molecule has 0 aliphatic rings. The fourth-order valence-electron chi connectivity index (χ4n) is 2.17. The summed E-state index contributed by atoms with van der Waals surface area (Å²) < 4.78 is 5.61. The molecule has 1 amide bonds. The third-order valence-corrected chi connectivity index (χ3v) is 3.81. The van der Waals surface area contributed by atoms with E-state index in [0.29, 0.717) is 22.0 Å². The molecule has 2 aromatic carbocycles. The smallest absolute Gasteiger partial charge is 0.262 e. The van der Waals surface area contributed by atoms with Crippen molar-refractivity contribution in [2.45, 2.75) is 20.8 Å². The Morgan fingerprint density at radius 3 is 2.65 bits per heavy atom. The zero-order valence-electron chi connectivity index (χ0n) is 13.2. The zero-order chi connectivity index (χ0) is 17.0. The van der Waals surface area contributed by atoms with Crippen molar-refractivity contribution in [1.29, 1.82) is 5.26 Å². The van der Waals surface area contributed by atoms with Gasteiger partial charge in [-0.25, -0.2) is 0 Å². The largest absolute Gasteiger partial charge is 0.483 e. The number of amides is 1. The van der Waals surface area contributed by atoms with E-state index in [-0.39, 0.29) is 12.5 Å². The number of ether oxygens (including phenoxy) is 1. The molecule has 0 saturated heterocycles. The number of carbonyl (C=O) groups excluding carboxylic acids is 1. The van der Waals surface area contributed by atoms with E-state index in [1.54, 1.807) is 18.2 Å². The number of hydrogen-bond donors (Lipinski definition) is 1. The van der Waals surface area contributed by atoms with E-state index < -0.39 is 0 Å². The van der Waals surface area contributed by atoms with Gasteiger partial charge in [-0.1, -0.05) is 17.7 Å². The van der Waals surface area contributed by atoms with Crippen LogP contribution in [0.1, 0.15) is 22.3 Å². The standard InChI is InChI=1S/C18H17ClN2O2/c1-11-6-12(2)13(3)17(7-11)23-10-18(22)21-15-5-4-14(9-20)16(19)8-15/h4-8H,10H2,1-3H3,(H,21,22). The van der Waals surface area contributed by atoms with Gasteiger partial charge in [0.05, 0.1) is 10.6 Å². The number of aryl methyl sites for hydroxylation is 2. The van der Waals surface area contributed by atoms with E-state index in [1.165, 1.54) is 0 Å². The Morgan fingerprint density at radius 2 is 2.00 bits per heavy atom. The molecule has 0 aromatic heterocycles. The Hall–Kier alpha value is -2.51. The lowest BCUT2D eigenvalue weighted by Crippen LogP contribution is -2.20. The summed E-state index contributed by atoms with van der Waals surface area (Å²) in [6.45, 7) is 5.86. The summed E-state index contributed by atoms with van der Waals surface area (Å²) in [6, 6.07) is 10.7. The number of anilines is 1. The highest BCUT2D eigenvalue weighted by Crippen LogP contribution is 2.23. The predicted molar refractivity (Wildman–Crippen MR) is 90.9 cm³/mol. The highest BCUT2D eigenvalue weighted by molar-refractivity contribution is 6.32. The minimum absolute atomic E-state index is 0.0959. The molecule has 0 fully saturated rings. The first-order valence-corrected chi connectivity index (χ1v) is 7.48. The van der Waals surface area contributed by atoms with Crippen LogP contribution < -0.4 is 10.1 Å². The lowest BCUT2D eigenvalue weighted by Gasteiger charge is -2.12. The van der Waals surface area contributed by atoms with Gasteiger partial charge in [-0.15, -0.1) is 0 Å². The maximum absolute atomic E-state index is 12.0. The number of rotatable bonds is 4. The van der Waals surface area contributed by atoms with Gasteiger partial charge in [0.2, 0.25) is 0 Å². The van der Waals surface area contributed by atoms with Gasteiger partial charge < -0.3 is 10.1 Å². The molecule has 2 rings (SSSR count). The van der Waals surface area contributed by atoms with E-state index >= 15 is 0 Å². The lowest BCUT2D eigenvalue weighted by atomic mass is 10.1. The summed E-state index contributed by atoms with van der Waals surface area (Å²) in [5.41, 5.74) is 4.12. The molecule has 118 valence electrons. The van der Waals surface area contributed by atoms with Crippen LogP contribution in [0.3, 0.4) is 0 Å². The van der Waals surface area contributed by atoms with Crippen LogP contribution in [0.15, 0.2) is 30.3 Å². The maximum Gasteiger partial charge on any atom is 0.262 e. The number of carbonyl (C=O) groups is 1. The SMILES string of the molecule is Cc1cc(C)c(C)c(OCC(=O)Nc2ccc(C#N)c(Cl)c2)c1.